The summed E-state index contributed by atoms with van der Waals surface area (Å²) in [4.78, 5) is 2.63. The van der Waals surface area contributed by atoms with Gasteiger partial charge in [0.05, 0.1) is 0 Å². The lowest BCUT2D eigenvalue weighted by Crippen LogP contribution is -2.37. The molecule has 1 atom stereocenters. The van der Waals surface area contributed by atoms with Crippen molar-refractivity contribution < 1.29 is 0 Å². The molecule has 96 valence electrons. The van der Waals surface area contributed by atoms with Crippen molar-refractivity contribution in [2.24, 2.45) is 0 Å². The van der Waals surface area contributed by atoms with Crippen molar-refractivity contribution in [3.05, 3.63) is 35.9 Å². The van der Waals surface area contributed by atoms with E-state index in [2.05, 4.69) is 40.5 Å². The Morgan fingerprint density at radius 2 is 2.06 bits per heavy atom. The van der Waals surface area contributed by atoms with Gasteiger partial charge in [0, 0.05) is 19.1 Å². The van der Waals surface area contributed by atoms with E-state index in [9.17, 15) is 0 Å². The first-order valence-electron chi connectivity index (χ1n) is 6.32. The number of likely N-dealkylation sites (N-methyl/N-ethyl adjacent to an activating group) is 1. The zero-order valence-electron chi connectivity index (χ0n) is 10.6. The number of hydrogen-bond donors (Lipinski definition) is 1. The van der Waals surface area contributed by atoms with Crippen molar-refractivity contribution in [3.8, 4) is 0 Å². The fourth-order valence-corrected chi connectivity index (χ4v) is 2.57. The van der Waals surface area contributed by atoms with Gasteiger partial charge in [-0.25, -0.2) is 0 Å². The molecule has 1 aliphatic rings. The summed E-state index contributed by atoms with van der Waals surface area (Å²) in [6.07, 6.45) is 3.90. The Labute approximate surface area is 111 Å². The molecule has 1 saturated heterocycles. The number of nitrogens with zero attached hydrogens (tertiary/aromatic N) is 1. The maximum absolute atomic E-state index is 3.30. The third-order valence-corrected chi connectivity index (χ3v) is 3.47. The molecule has 0 radical (unpaired) electrons. The summed E-state index contributed by atoms with van der Waals surface area (Å²) < 4.78 is 0. The molecular formula is C14H23ClN2. The van der Waals surface area contributed by atoms with Gasteiger partial charge in [-0.1, -0.05) is 30.3 Å². The Balaban J connectivity index is 0.00000144. The van der Waals surface area contributed by atoms with E-state index in [1.165, 1.54) is 37.9 Å². The molecule has 1 N–H and O–H groups in total. The highest BCUT2D eigenvalue weighted by molar-refractivity contribution is 5.85. The van der Waals surface area contributed by atoms with E-state index in [1.807, 2.05) is 7.05 Å². The number of hydrogen-bond acceptors (Lipinski definition) is 2. The molecule has 0 saturated carbocycles. The first-order valence-corrected chi connectivity index (χ1v) is 6.32. The molecule has 2 rings (SSSR count). The zero-order chi connectivity index (χ0) is 11.2. The van der Waals surface area contributed by atoms with Gasteiger partial charge in [-0.15, -0.1) is 12.4 Å². The highest BCUT2D eigenvalue weighted by atomic mass is 35.5. The van der Waals surface area contributed by atoms with E-state index in [4.69, 9.17) is 0 Å². The summed E-state index contributed by atoms with van der Waals surface area (Å²) in [7, 11) is 2.05. The van der Waals surface area contributed by atoms with Crippen LogP contribution in [-0.2, 0) is 6.42 Å². The summed E-state index contributed by atoms with van der Waals surface area (Å²) in [5.41, 5.74) is 1.46. The average molecular weight is 255 g/mol. The molecule has 17 heavy (non-hydrogen) atoms. The normalized spacial score (nSPS) is 20.2. The van der Waals surface area contributed by atoms with Crippen molar-refractivity contribution in [2.75, 3.05) is 26.7 Å². The molecule has 1 unspecified atom stereocenters. The lowest BCUT2D eigenvalue weighted by Gasteiger charge is -2.24. The fraction of sp³-hybridized carbons (Fsp3) is 0.571. The third kappa shape index (κ3) is 4.30. The lowest BCUT2D eigenvalue weighted by molar-refractivity contribution is 0.253. The minimum absolute atomic E-state index is 0. The highest BCUT2D eigenvalue weighted by Gasteiger charge is 2.22. The molecule has 1 fully saturated rings. The van der Waals surface area contributed by atoms with Gasteiger partial charge in [0.1, 0.15) is 0 Å². The van der Waals surface area contributed by atoms with Gasteiger partial charge in [0.15, 0.2) is 0 Å². The monoisotopic (exact) mass is 254 g/mol. The van der Waals surface area contributed by atoms with Crippen LogP contribution in [0.15, 0.2) is 30.3 Å². The molecule has 3 heteroatoms. The SMILES string of the molecule is CNCC1CCCN1CCc1ccccc1.Cl. The summed E-state index contributed by atoms with van der Waals surface area (Å²) >= 11 is 0. The maximum atomic E-state index is 3.30. The predicted molar refractivity (Wildman–Crippen MR) is 75.9 cm³/mol. The van der Waals surface area contributed by atoms with E-state index in [0.29, 0.717) is 0 Å². The van der Waals surface area contributed by atoms with Crippen molar-refractivity contribution in [3.63, 3.8) is 0 Å². The Hall–Kier alpha value is -0.570. The van der Waals surface area contributed by atoms with E-state index in [-0.39, 0.29) is 12.4 Å². The van der Waals surface area contributed by atoms with Crippen LogP contribution in [0.2, 0.25) is 0 Å². The van der Waals surface area contributed by atoms with Crippen LogP contribution in [0.5, 0.6) is 0 Å². The van der Waals surface area contributed by atoms with Gasteiger partial charge in [-0.2, -0.15) is 0 Å². The second kappa shape index (κ2) is 7.70. The molecule has 1 heterocycles. The largest absolute Gasteiger partial charge is 0.318 e. The van der Waals surface area contributed by atoms with Gasteiger partial charge >= 0.3 is 0 Å². The molecule has 0 spiro atoms. The van der Waals surface area contributed by atoms with Gasteiger partial charge < -0.3 is 5.32 Å². The minimum atomic E-state index is 0. The van der Waals surface area contributed by atoms with Crippen LogP contribution < -0.4 is 5.32 Å². The van der Waals surface area contributed by atoms with Crippen molar-refractivity contribution >= 4 is 12.4 Å². The summed E-state index contributed by atoms with van der Waals surface area (Å²) in [6.45, 7) is 3.62. The Bertz CT molecular complexity index is 302. The molecule has 0 amide bonds. The van der Waals surface area contributed by atoms with E-state index in [0.717, 1.165) is 12.6 Å². The Morgan fingerprint density at radius 1 is 1.29 bits per heavy atom. The van der Waals surface area contributed by atoms with Gasteiger partial charge in [0.2, 0.25) is 0 Å². The smallest absolute Gasteiger partial charge is 0.0221 e. The van der Waals surface area contributed by atoms with Crippen LogP contribution in [0.4, 0.5) is 0 Å². The van der Waals surface area contributed by atoms with Crippen LogP contribution >= 0.6 is 12.4 Å². The van der Waals surface area contributed by atoms with Crippen LogP contribution in [0.3, 0.4) is 0 Å². The molecule has 0 aliphatic carbocycles. The van der Waals surface area contributed by atoms with Gasteiger partial charge in [-0.05, 0) is 38.4 Å². The maximum Gasteiger partial charge on any atom is 0.0221 e. The van der Waals surface area contributed by atoms with E-state index in [1.54, 1.807) is 0 Å². The lowest BCUT2D eigenvalue weighted by atomic mass is 10.1. The molecule has 2 nitrogen and oxygen atoms in total. The summed E-state index contributed by atoms with van der Waals surface area (Å²) in [6, 6.07) is 11.6. The molecular weight excluding hydrogens is 232 g/mol. The minimum Gasteiger partial charge on any atom is -0.318 e. The standard InChI is InChI=1S/C14H22N2.ClH/c1-15-12-14-8-5-10-16(14)11-9-13-6-3-2-4-7-13;/h2-4,6-7,14-15H,5,8-12H2,1H3;1H. The van der Waals surface area contributed by atoms with Crippen molar-refractivity contribution in [2.45, 2.75) is 25.3 Å². The Morgan fingerprint density at radius 3 is 2.76 bits per heavy atom. The number of benzene rings is 1. The zero-order valence-corrected chi connectivity index (χ0v) is 11.4. The number of rotatable bonds is 5. The fourth-order valence-electron chi connectivity index (χ4n) is 2.57. The van der Waals surface area contributed by atoms with Crippen LogP contribution in [-0.4, -0.2) is 37.6 Å². The second-order valence-electron chi connectivity index (χ2n) is 4.63. The first kappa shape index (κ1) is 14.5. The topological polar surface area (TPSA) is 15.3 Å². The van der Waals surface area contributed by atoms with Crippen molar-refractivity contribution in [1.29, 1.82) is 0 Å². The third-order valence-electron chi connectivity index (χ3n) is 3.47. The quantitative estimate of drug-likeness (QED) is 0.868. The van der Waals surface area contributed by atoms with E-state index < -0.39 is 0 Å². The number of nitrogens with one attached hydrogen (secondary N) is 1. The predicted octanol–water partition coefficient (Wildman–Crippen LogP) is 2.33. The molecule has 1 aliphatic heterocycles. The van der Waals surface area contributed by atoms with Gasteiger partial charge in [-0.3, -0.25) is 4.90 Å². The van der Waals surface area contributed by atoms with Crippen LogP contribution in [0.25, 0.3) is 0 Å². The molecule has 1 aromatic carbocycles. The molecule has 0 bridgehead atoms. The van der Waals surface area contributed by atoms with Crippen molar-refractivity contribution in [1.82, 2.24) is 10.2 Å². The molecule has 0 aromatic heterocycles. The molecule has 1 aromatic rings. The average Bonchev–Trinajstić information content (AvgIpc) is 2.76. The number of likely N-dealkylation sites (tertiary alicyclic amines) is 1. The van der Waals surface area contributed by atoms with Crippen LogP contribution in [0.1, 0.15) is 18.4 Å². The summed E-state index contributed by atoms with van der Waals surface area (Å²) in [5.74, 6) is 0. The summed E-state index contributed by atoms with van der Waals surface area (Å²) in [5, 5.41) is 3.30. The van der Waals surface area contributed by atoms with Gasteiger partial charge in [0.25, 0.3) is 0 Å². The first-order chi connectivity index (χ1) is 7.90. The van der Waals surface area contributed by atoms with Crippen LogP contribution in [0, 0.1) is 0 Å². The number of halogens is 1. The highest BCUT2D eigenvalue weighted by Crippen LogP contribution is 2.16. The Kier molecular flexibility index (Phi) is 6.56. The van der Waals surface area contributed by atoms with E-state index >= 15 is 0 Å². The second-order valence-corrected chi connectivity index (χ2v) is 4.63.